The summed E-state index contributed by atoms with van der Waals surface area (Å²) >= 11 is 0. The fraction of sp³-hybridized carbons (Fsp3) is 0.462. The zero-order valence-electron chi connectivity index (χ0n) is 10.4. The maximum atomic E-state index is 12.9. The summed E-state index contributed by atoms with van der Waals surface area (Å²) in [6.07, 6.45) is 0. The van der Waals surface area contributed by atoms with Crippen LogP contribution in [0.1, 0.15) is 26.3 Å². The summed E-state index contributed by atoms with van der Waals surface area (Å²) in [5.74, 6) is -1.28. The van der Waals surface area contributed by atoms with Crippen molar-refractivity contribution in [3.8, 4) is 0 Å². The van der Waals surface area contributed by atoms with Crippen LogP contribution in [0.5, 0.6) is 0 Å². The number of hydrogen-bond donors (Lipinski definition) is 1. The molecule has 0 aliphatic heterocycles. The van der Waals surface area contributed by atoms with Crippen molar-refractivity contribution in [2.75, 3.05) is 13.1 Å². The molecule has 0 aliphatic carbocycles. The van der Waals surface area contributed by atoms with E-state index >= 15 is 0 Å². The minimum Gasteiger partial charge on any atom is -0.480 e. The van der Waals surface area contributed by atoms with Gasteiger partial charge in [-0.2, -0.15) is 0 Å². The van der Waals surface area contributed by atoms with Gasteiger partial charge in [0.15, 0.2) is 0 Å². The second kappa shape index (κ2) is 5.27. The Kier molecular flexibility index (Phi) is 4.23. The summed E-state index contributed by atoms with van der Waals surface area (Å²) in [6.45, 7) is 6.71. The van der Waals surface area contributed by atoms with Crippen LogP contribution in [0.25, 0.3) is 0 Å². The highest BCUT2D eigenvalue weighted by Gasteiger charge is 2.39. The van der Waals surface area contributed by atoms with Gasteiger partial charge < -0.3 is 5.11 Å². The Balaban J connectivity index is 3.24. The lowest BCUT2D eigenvalue weighted by molar-refractivity contribution is -0.151. The number of halogens is 1. The Hall–Kier alpha value is -1.42. The van der Waals surface area contributed by atoms with Crippen LogP contribution in [0.4, 0.5) is 4.39 Å². The Labute approximate surface area is 101 Å². The van der Waals surface area contributed by atoms with Gasteiger partial charge in [0.25, 0.3) is 0 Å². The normalized spacial score (nSPS) is 14.6. The molecule has 0 amide bonds. The van der Waals surface area contributed by atoms with Gasteiger partial charge in [0.2, 0.25) is 0 Å². The van der Waals surface area contributed by atoms with E-state index in [4.69, 9.17) is 0 Å². The number of carbonyl (C=O) groups is 1. The van der Waals surface area contributed by atoms with Crippen molar-refractivity contribution in [2.24, 2.45) is 0 Å². The number of rotatable bonds is 5. The van der Waals surface area contributed by atoms with E-state index in [9.17, 15) is 14.3 Å². The van der Waals surface area contributed by atoms with E-state index in [0.29, 0.717) is 18.7 Å². The first-order valence-electron chi connectivity index (χ1n) is 5.71. The topological polar surface area (TPSA) is 40.5 Å². The summed E-state index contributed by atoms with van der Waals surface area (Å²) in [5.41, 5.74) is -0.521. The molecule has 0 saturated heterocycles. The van der Waals surface area contributed by atoms with E-state index in [1.807, 2.05) is 18.7 Å². The van der Waals surface area contributed by atoms with Crippen LogP contribution in [0.15, 0.2) is 24.3 Å². The molecule has 0 fully saturated rings. The summed E-state index contributed by atoms with van der Waals surface area (Å²) in [5, 5.41) is 9.45. The summed E-state index contributed by atoms with van der Waals surface area (Å²) in [6, 6.07) is 5.64. The predicted octanol–water partition coefficient (Wildman–Crippen LogP) is 2.47. The monoisotopic (exact) mass is 239 g/mol. The van der Waals surface area contributed by atoms with Crippen molar-refractivity contribution in [2.45, 2.75) is 26.3 Å². The maximum absolute atomic E-state index is 12.9. The van der Waals surface area contributed by atoms with Crippen molar-refractivity contribution in [1.29, 1.82) is 0 Å². The Morgan fingerprint density at radius 3 is 2.12 bits per heavy atom. The van der Waals surface area contributed by atoms with E-state index in [1.54, 1.807) is 6.92 Å². The molecule has 0 bridgehead atoms. The Bertz CT molecular complexity index is 387. The standard InChI is InChI=1S/C13H18FNO2/c1-4-15(5-2)13(3,12(16)17)10-6-8-11(14)9-7-10/h6-9H,4-5H2,1-3H3,(H,16,17)/t13-/m1/s1. The lowest BCUT2D eigenvalue weighted by atomic mass is 9.90. The van der Waals surface area contributed by atoms with Crippen LogP contribution in [0.3, 0.4) is 0 Å². The molecule has 1 atom stereocenters. The van der Waals surface area contributed by atoms with E-state index < -0.39 is 11.5 Å². The molecular formula is C13H18FNO2. The third kappa shape index (κ3) is 2.47. The largest absolute Gasteiger partial charge is 0.480 e. The molecule has 1 N–H and O–H groups in total. The highest BCUT2D eigenvalue weighted by Crippen LogP contribution is 2.28. The number of nitrogens with zero attached hydrogens (tertiary/aromatic N) is 1. The second-order valence-corrected chi connectivity index (χ2v) is 4.06. The third-order valence-electron chi connectivity index (χ3n) is 3.22. The van der Waals surface area contributed by atoms with Crippen molar-refractivity contribution >= 4 is 5.97 Å². The van der Waals surface area contributed by atoms with Gasteiger partial charge in [0.1, 0.15) is 11.4 Å². The summed E-state index contributed by atoms with van der Waals surface area (Å²) < 4.78 is 12.9. The molecule has 1 rings (SSSR count). The van der Waals surface area contributed by atoms with Gasteiger partial charge in [0, 0.05) is 0 Å². The lowest BCUT2D eigenvalue weighted by Gasteiger charge is -2.36. The minimum absolute atomic E-state index is 0.360. The SMILES string of the molecule is CCN(CC)[C@@](C)(C(=O)O)c1ccc(F)cc1. The van der Waals surface area contributed by atoms with E-state index in [1.165, 1.54) is 24.3 Å². The molecule has 0 radical (unpaired) electrons. The van der Waals surface area contributed by atoms with Crippen molar-refractivity contribution in [1.82, 2.24) is 4.90 Å². The molecule has 0 heterocycles. The van der Waals surface area contributed by atoms with Gasteiger partial charge in [-0.05, 0) is 37.7 Å². The van der Waals surface area contributed by atoms with Gasteiger partial charge in [0.05, 0.1) is 0 Å². The van der Waals surface area contributed by atoms with Crippen molar-refractivity contribution in [3.05, 3.63) is 35.6 Å². The van der Waals surface area contributed by atoms with Crippen LogP contribution < -0.4 is 0 Å². The molecular weight excluding hydrogens is 221 g/mol. The van der Waals surface area contributed by atoms with Gasteiger partial charge >= 0.3 is 5.97 Å². The van der Waals surface area contributed by atoms with Crippen molar-refractivity contribution < 1.29 is 14.3 Å². The maximum Gasteiger partial charge on any atom is 0.328 e. The zero-order chi connectivity index (χ0) is 13.1. The highest BCUT2D eigenvalue weighted by molar-refractivity contribution is 5.80. The van der Waals surface area contributed by atoms with Crippen LogP contribution >= 0.6 is 0 Å². The average molecular weight is 239 g/mol. The Morgan fingerprint density at radius 1 is 1.29 bits per heavy atom. The highest BCUT2D eigenvalue weighted by atomic mass is 19.1. The molecule has 17 heavy (non-hydrogen) atoms. The van der Waals surface area contributed by atoms with Gasteiger partial charge in [-0.25, -0.2) is 9.18 Å². The Morgan fingerprint density at radius 2 is 1.76 bits per heavy atom. The molecule has 0 unspecified atom stereocenters. The zero-order valence-corrected chi connectivity index (χ0v) is 10.4. The first-order valence-corrected chi connectivity index (χ1v) is 5.71. The van der Waals surface area contributed by atoms with Gasteiger partial charge in [-0.3, -0.25) is 4.90 Å². The van der Waals surface area contributed by atoms with E-state index in [2.05, 4.69) is 0 Å². The number of hydrogen-bond acceptors (Lipinski definition) is 2. The molecule has 3 nitrogen and oxygen atoms in total. The molecule has 4 heteroatoms. The van der Waals surface area contributed by atoms with Crippen LogP contribution in [0.2, 0.25) is 0 Å². The van der Waals surface area contributed by atoms with Gasteiger partial charge in [-0.1, -0.05) is 26.0 Å². The molecule has 0 aliphatic rings. The van der Waals surface area contributed by atoms with Gasteiger partial charge in [-0.15, -0.1) is 0 Å². The fourth-order valence-electron chi connectivity index (χ4n) is 2.07. The molecule has 1 aromatic carbocycles. The predicted molar refractivity (Wildman–Crippen MR) is 64.3 cm³/mol. The molecule has 0 saturated carbocycles. The number of carboxylic acids is 1. The number of likely N-dealkylation sites (N-methyl/N-ethyl adjacent to an activating group) is 1. The average Bonchev–Trinajstić information content (AvgIpc) is 2.30. The quantitative estimate of drug-likeness (QED) is 0.858. The first-order chi connectivity index (χ1) is 7.96. The molecule has 0 spiro atoms. The number of benzene rings is 1. The molecule has 94 valence electrons. The molecule has 1 aromatic rings. The first kappa shape index (κ1) is 13.6. The van der Waals surface area contributed by atoms with Crippen molar-refractivity contribution in [3.63, 3.8) is 0 Å². The fourth-order valence-corrected chi connectivity index (χ4v) is 2.07. The second-order valence-electron chi connectivity index (χ2n) is 4.06. The lowest BCUT2D eigenvalue weighted by Crippen LogP contribution is -2.49. The van der Waals surface area contributed by atoms with Crippen LogP contribution in [0, 0.1) is 5.82 Å². The summed E-state index contributed by atoms with van der Waals surface area (Å²) in [7, 11) is 0. The van der Waals surface area contributed by atoms with Crippen LogP contribution in [-0.4, -0.2) is 29.1 Å². The third-order valence-corrected chi connectivity index (χ3v) is 3.22. The summed E-state index contributed by atoms with van der Waals surface area (Å²) in [4.78, 5) is 13.4. The van der Waals surface area contributed by atoms with E-state index in [-0.39, 0.29) is 5.82 Å². The minimum atomic E-state index is -1.11. The smallest absolute Gasteiger partial charge is 0.328 e. The number of carboxylic acid groups (broad SMARTS) is 1. The van der Waals surface area contributed by atoms with E-state index in [0.717, 1.165) is 0 Å². The molecule has 0 aromatic heterocycles. The number of aliphatic carboxylic acids is 1. The van der Waals surface area contributed by atoms with Crippen LogP contribution in [-0.2, 0) is 10.3 Å².